The Kier molecular flexibility index (Phi) is 3.79. The quantitative estimate of drug-likeness (QED) is 0.762. The number of hydrogen-bond donors (Lipinski definition) is 2. The highest BCUT2D eigenvalue weighted by molar-refractivity contribution is 5.96. The Hall–Kier alpha value is -1.91. The molecule has 1 rings (SSSR count). The largest absolute Gasteiger partial charge is 0.480 e. The van der Waals surface area contributed by atoms with Gasteiger partial charge in [-0.05, 0) is 18.6 Å². The van der Waals surface area contributed by atoms with Crippen LogP contribution in [0.1, 0.15) is 23.7 Å². The number of nitrogens with one attached hydrogen (secondary N) is 1. The second kappa shape index (κ2) is 5.09. The molecule has 0 aliphatic rings. The first kappa shape index (κ1) is 11.2. The summed E-state index contributed by atoms with van der Waals surface area (Å²) in [6.45, 7) is 1.70. The summed E-state index contributed by atoms with van der Waals surface area (Å²) in [5.74, 6) is -1.42. The van der Waals surface area contributed by atoms with E-state index in [9.17, 15) is 9.59 Å². The molecule has 1 aromatic heterocycles. The summed E-state index contributed by atoms with van der Waals surface area (Å²) in [7, 11) is 0. The van der Waals surface area contributed by atoms with E-state index in [4.69, 9.17) is 5.11 Å². The molecule has 5 heteroatoms. The minimum atomic E-state index is -1.03. The van der Waals surface area contributed by atoms with Crippen molar-refractivity contribution < 1.29 is 14.7 Å². The number of aromatic nitrogens is 1. The molecule has 1 heterocycles. The van der Waals surface area contributed by atoms with Gasteiger partial charge in [0.1, 0.15) is 6.04 Å². The number of carboxylic acid groups (broad SMARTS) is 1. The van der Waals surface area contributed by atoms with Crippen LogP contribution < -0.4 is 5.32 Å². The number of carbonyl (C=O) groups excluding carboxylic acids is 1. The summed E-state index contributed by atoms with van der Waals surface area (Å²) < 4.78 is 0. The first-order valence-electron chi connectivity index (χ1n) is 4.58. The minimum Gasteiger partial charge on any atom is -0.480 e. The number of pyridine rings is 1. The van der Waals surface area contributed by atoms with E-state index in [0.29, 0.717) is 12.0 Å². The number of amides is 1. The average Bonchev–Trinajstić information content (AvgIpc) is 2.26. The average molecular weight is 208 g/mol. The van der Waals surface area contributed by atoms with Gasteiger partial charge < -0.3 is 10.4 Å². The van der Waals surface area contributed by atoms with Crippen molar-refractivity contribution in [2.24, 2.45) is 0 Å². The van der Waals surface area contributed by atoms with Gasteiger partial charge in [-0.15, -0.1) is 0 Å². The van der Waals surface area contributed by atoms with Crippen molar-refractivity contribution in [2.45, 2.75) is 19.4 Å². The number of nitrogens with zero attached hydrogens (tertiary/aromatic N) is 1. The molecule has 0 aliphatic carbocycles. The lowest BCUT2D eigenvalue weighted by Crippen LogP contribution is -2.40. The lowest BCUT2D eigenvalue weighted by Gasteiger charge is -2.11. The lowest BCUT2D eigenvalue weighted by molar-refractivity contribution is -0.139. The van der Waals surface area contributed by atoms with Gasteiger partial charge in [0.25, 0.3) is 5.91 Å². The number of rotatable bonds is 4. The van der Waals surface area contributed by atoms with E-state index >= 15 is 0 Å². The molecule has 15 heavy (non-hydrogen) atoms. The molecule has 0 aromatic carbocycles. The molecule has 0 bridgehead atoms. The van der Waals surface area contributed by atoms with Crippen molar-refractivity contribution in [1.29, 1.82) is 0 Å². The molecule has 5 nitrogen and oxygen atoms in total. The van der Waals surface area contributed by atoms with Gasteiger partial charge in [0.15, 0.2) is 0 Å². The molecule has 0 spiro atoms. The van der Waals surface area contributed by atoms with Gasteiger partial charge in [0.05, 0.1) is 0 Å². The van der Waals surface area contributed by atoms with Crippen LogP contribution >= 0.6 is 0 Å². The van der Waals surface area contributed by atoms with Gasteiger partial charge in [-0.2, -0.15) is 0 Å². The topological polar surface area (TPSA) is 79.3 Å². The fraction of sp³-hybridized carbons (Fsp3) is 0.300. The van der Waals surface area contributed by atoms with Crippen molar-refractivity contribution in [2.75, 3.05) is 0 Å². The molecule has 80 valence electrons. The third kappa shape index (κ3) is 3.05. The van der Waals surface area contributed by atoms with Crippen LogP contribution in [0, 0.1) is 0 Å². The van der Waals surface area contributed by atoms with Gasteiger partial charge in [-0.3, -0.25) is 9.78 Å². The van der Waals surface area contributed by atoms with E-state index in [1.807, 2.05) is 0 Å². The predicted molar refractivity (Wildman–Crippen MR) is 53.4 cm³/mol. The first-order valence-corrected chi connectivity index (χ1v) is 4.58. The van der Waals surface area contributed by atoms with E-state index < -0.39 is 17.9 Å². The normalized spacial score (nSPS) is 11.8. The second-order valence-electron chi connectivity index (χ2n) is 3.01. The number of carbonyl (C=O) groups is 2. The fourth-order valence-electron chi connectivity index (χ4n) is 1.08. The Labute approximate surface area is 87.1 Å². The maximum atomic E-state index is 11.5. The van der Waals surface area contributed by atoms with Crippen LogP contribution in [0.4, 0.5) is 0 Å². The number of aliphatic carboxylic acids is 1. The van der Waals surface area contributed by atoms with Crippen LogP contribution in [0.3, 0.4) is 0 Å². The molecule has 0 fully saturated rings. The maximum absolute atomic E-state index is 11.5. The smallest absolute Gasteiger partial charge is 0.326 e. The van der Waals surface area contributed by atoms with Gasteiger partial charge >= 0.3 is 5.97 Å². The SMILES string of the molecule is CC[C@@H](NC(=O)c1ccncc1)C(=O)O. The second-order valence-corrected chi connectivity index (χ2v) is 3.01. The molecular formula is C10H12N2O3. The van der Waals surface area contributed by atoms with Crippen molar-refractivity contribution in [3.63, 3.8) is 0 Å². The molecule has 0 saturated carbocycles. The van der Waals surface area contributed by atoms with E-state index in [2.05, 4.69) is 10.3 Å². The molecule has 1 aromatic rings. The standard InChI is InChI=1S/C10H12N2O3/c1-2-8(10(14)15)12-9(13)7-3-5-11-6-4-7/h3-6,8H,2H2,1H3,(H,12,13)(H,14,15)/t8-/m1/s1. The summed E-state index contributed by atoms with van der Waals surface area (Å²) in [6, 6.07) is 2.22. The zero-order valence-corrected chi connectivity index (χ0v) is 8.30. The Morgan fingerprint density at radius 2 is 2.07 bits per heavy atom. The summed E-state index contributed by atoms with van der Waals surface area (Å²) in [5.41, 5.74) is 0.407. The summed E-state index contributed by atoms with van der Waals surface area (Å²) in [6.07, 6.45) is 3.32. The van der Waals surface area contributed by atoms with Crippen LogP contribution in [0.5, 0.6) is 0 Å². The molecule has 1 atom stereocenters. The Morgan fingerprint density at radius 3 is 2.53 bits per heavy atom. The van der Waals surface area contributed by atoms with Crippen molar-refractivity contribution in [1.82, 2.24) is 10.3 Å². The third-order valence-electron chi connectivity index (χ3n) is 1.95. The molecule has 2 N–H and O–H groups in total. The first-order chi connectivity index (χ1) is 7.15. The summed E-state index contributed by atoms with van der Waals surface area (Å²) in [4.78, 5) is 26.0. The van der Waals surface area contributed by atoms with Crippen molar-refractivity contribution in [3.05, 3.63) is 30.1 Å². The fourth-order valence-corrected chi connectivity index (χ4v) is 1.08. The third-order valence-corrected chi connectivity index (χ3v) is 1.95. The zero-order chi connectivity index (χ0) is 11.3. The minimum absolute atomic E-state index is 0.353. The van der Waals surface area contributed by atoms with Gasteiger partial charge in [-0.25, -0.2) is 4.79 Å². The Morgan fingerprint density at radius 1 is 1.47 bits per heavy atom. The highest BCUT2D eigenvalue weighted by atomic mass is 16.4. The van der Waals surface area contributed by atoms with Crippen molar-refractivity contribution >= 4 is 11.9 Å². The molecular weight excluding hydrogens is 196 g/mol. The summed E-state index contributed by atoms with van der Waals surface area (Å²) >= 11 is 0. The highest BCUT2D eigenvalue weighted by Crippen LogP contribution is 1.98. The lowest BCUT2D eigenvalue weighted by atomic mass is 10.2. The monoisotopic (exact) mass is 208 g/mol. The van der Waals surface area contributed by atoms with E-state index in [-0.39, 0.29) is 0 Å². The van der Waals surface area contributed by atoms with E-state index in [1.165, 1.54) is 24.5 Å². The molecule has 0 radical (unpaired) electrons. The number of carboxylic acids is 1. The Balaban J connectivity index is 2.67. The van der Waals surface area contributed by atoms with Crippen LogP contribution in [0.2, 0.25) is 0 Å². The molecule has 0 saturated heterocycles. The maximum Gasteiger partial charge on any atom is 0.326 e. The molecule has 0 unspecified atom stereocenters. The molecule has 1 amide bonds. The number of hydrogen-bond acceptors (Lipinski definition) is 3. The van der Waals surface area contributed by atoms with Crippen LogP contribution in [-0.4, -0.2) is 28.0 Å². The van der Waals surface area contributed by atoms with Crippen LogP contribution in [-0.2, 0) is 4.79 Å². The van der Waals surface area contributed by atoms with E-state index in [1.54, 1.807) is 6.92 Å². The zero-order valence-electron chi connectivity index (χ0n) is 8.30. The van der Waals surface area contributed by atoms with Gasteiger partial charge in [0.2, 0.25) is 0 Å². The van der Waals surface area contributed by atoms with Crippen LogP contribution in [0.15, 0.2) is 24.5 Å². The van der Waals surface area contributed by atoms with Crippen molar-refractivity contribution in [3.8, 4) is 0 Å². The van der Waals surface area contributed by atoms with E-state index in [0.717, 1.165) is 0 Å². The van der Waals surface area contributed by atoms with Gasteiger partial charge in [-0.1, -0.05) is 6.92 Å². The predicted octanol–water partition coefficient (Wildman–Crippen LogP) is 0.675. The molecule has 0 aliphatic heterocycles. The summed E-state index contributed by atoms with van der Waals surface area (Å²) in [5, 5.41) is 11.2. The Bertz CT molecular complexity index is 351. The van der Waals surface area contributed by atoms with Gasteiger partial charge in [0, 0.05) is 18.0 Å². The van der Waals surface area contributed by atoms with Crippen LogP contribution in [0.25, 0.3) is 0 Å². The highest BCUT2D eigenvalue weighted by Gasteiger charge is 2.17.